The number of benzene rings is 1. The minimum Gasteiger partial charge on any atom is -0.480 e. The van der Waals surface area contributed by atoms with E-state index in [4.69, 9.17) is 16.3 Å². The van der Waals surface area contributed by atoms with Crippen LogP contribution >= 0.6 is 11.6 Å². The van der Waals surface area contributed by atoms with E-state index in [9.17, 15) is 8.42 Å². The van der Waals surface area contributed by atoms with Crippen LogP contribution in [0.15, 0.2) is 47.9 Å². The Bertz CT molecular complexity index is 1760. The van der Waals surface area contributed by atoms with E-state index in [0.29, 0.717) is 17.0 Å². The third-order valence-electron chi connectivity index (χ3n) is 5.21. The van der Waals surface area contributed by atoms with Gasteiger partial charge in [0.15, 0.2) is 22.0 Å². The van der Waals surface area contributed by atoms with Gasteiger partial charge >= 0.3 is 0 Å². The molecule has 15 heteroatoms. The normalized spacial score (nSPS) is 11.7. The van der Waals surface area contributed by atoms with Gasteiger partial charge in [-0.15, -0.1) is 10.2 Å². The summed E-state index contributed by atoms with van der Waals surface area (Å²) >= 11 is 5.89. The summed E-state index contributed by atoms with van der Waals surface area (Å²) in [5.41, 5.74) is -0.533. The van der Waals surface area contributed by atoms with Gasteiger partial charge < -0.3 is 10.1 Å². The molecule has 0 aliphatic rings. The van der Waals surface area contributed by atoms with Crippen LogP contribution in [0.5, 0.6) is 5.88 Å². The second kappa shape index (κ2) is 8.80. The lowest BCUT2D eigenvalue weighted by atomic mass is 10.0. The molecule has 5 rings (SSSR count). The quantitative estimate of drug-likeness (QED) is 0.336. The van der Waals surface area contributed by atoms with E-state index in [1.807, 2.05) is 0 Å². The fourth-order valence-corrected chi connectivity index (χ4v) is 5.03. The Labute approximate surface area is 207 Å². The average Bonchev–Trinajstić information content (AvgIpc) is 3.36. The van der Waals surface area contributed by atoms with E-state index in [0.717, 1.165) is 18.2 Å². The topological polar surface area (TPSA) is 136 Å². The molecule has 0 atom stereocenters. The van der Waals surface area contributed by atoms with E-state index in [1.165, 1.54) is 36.3 Å². The van der Waals surface area contributed by atoms with Gasteiger partial charge in [-0.25, -0.2) is 27.2 Å². The lowest BCUT2D eigenvalue weighted by Crippen LogP contribution is -2.16. The van der Waals surface area contributed by atoms with E-state index in [2.05, 4.69) is 35.2 Å². The molecule has 0 aliphatic carbocycles. The van der Waals surface area contributed by atoms with Crippen molar-refractivity contribution in [3.63, 3.8) is 0 Å². The minimum atomic E-state index is -4.43. The molecule has 2 N–H and O–H groups in total. The first kappa shape index (κ1) is 23.6. The van der Waals surface area contributed by atoms with Crippen molar-refractivity contribution in [2.75, 3.05) is 24.2 Å². The number of nitrogens with one attached hydrogen (secondary N) is 2. The van der Waals surface area contributed by atoms with Gasteiger partial charge in [0, 0.05) is 30.4 Å². The van der Waals surface area contributed by atoms with Crippen LogP contribution in [-0.2, 0) is 10.0 Å². The van der Waals surface area contributed by atoms with Crippen LogP contribution in [-0.4, -0.2) is 52.1 Å². The highest BCUT2D eigenvalue weighted by atomic mass is 35.5. The molecule has 11 nitrogen and oxygen atoms in total. The third-order valence-corrected chi connectivity index (χ3v) is 6.78. The van der Waals surface area contributed by atoms with Gasteiger partial charge in [0.25, 0.3) is 10.0 Å². The maximum Gasteiger partial charge on any atom is 0.267 e. The van der Waals surface area contributed by atoms with E-state index < -0.39 is 37.8 Å². The van der Waals surface area contributed by atoms with Gasteiger partial charge in [-0.2, -0.15) is 4.98 Å². The molecule has 0 fully saturated rings. The van der Waals surface area contributed by atoms with Gasteiger partial charge in [-0.3, -0.25) is 9.12 Å². The first-order valence-electron chi connectivity index (χ1n) is 10.1. The first-order valence-corrected chi connectivity index (χ1v) is 12.0. The predicted molar refractivity (Wildman–Crippen MR) is 128 cm³/mol. The maximum absolute atomic E-state index is 15.7. The summed E-state index contributed by atoms with van der Waals surface area (Å²) in [6.07, 6.45) is 4.01. The third kappa shape index (κ3) is 3.89. The summed E-state index contributed by atoms with van der Waals surface area (Å²) < 4.78 is 65.4. The van der Waals surface area contributed by atoms with Crippen molar-refractivity contribution >= 4 is 49.9 Å². The van der Waals surface area contributed by atoms with Crippen LogP contribution in [0.4, 0.5) is 20.4 Å². The zero-order chi connectivity index (χ0) is 25.6. The molecule has 0 saturated heterocycles. The average molecular weight is 533 g/mol. The van der Waals surface area contributed by atoms with Crippen molar-refractivity contribution in [3.05, 3.63) is 59.6 Å². The predicted octanol–water partition coefficient (Wildman–Crippen LogP) is 3.52. The highest BCUT2D eigenvalue weighted by Gasteiger charge is 2.26. The first-order chi connectivity index (χ1) is 17.2. The van der Waals surface area contributed by atoms with Crippen LogP contribution < -0.4 is 14.8 Å². The van der Waals surface area contributed by atoms with Gasteiger partial charge in [-0.05, 0) is 24.3 Å². The Morgan fingerprint density at radius 1 is 1.11 bits per heavy atom. The number of halogens is 3. The Hall–Kier alpha value is -4.17. The SMILES string of the molecule is CNc1ncc2cc(-c3c(F)ccc(NS(=O)(=O)c4cc(Cl)cnc4OC)c3F)c3nncn3c2n1. The largest absolute Gasteiger partial charge is 0.480 e. The number of hydrogen-bond acceptors (Lipinski definition) is 9. The number of fused-ring (bicyclic) bond motifs is 3. The number of aromatic nitrogens is 6. The van der Waals surface area contributed by atoms with Crippen molar-refractivity contribution in [2.45, 2.75) is 4.90 Å². The molecule has 0 aliphatic heterocycles. The smallest absolute Gasteiger partial charge is 0.267 e. The minimum absolute atomic E-state index is 0.0128. The fraction of sp³-hybridized carbons (Fsp3) is 0.0952. The summed E-state index contributed by atoms with van der Waals surface area (Å²) in [6, 6.07) is 4.44. The van der Waals surface area contributed by atoms with Crippen LogP contribution in [0.25, 0.3) is 27.8 Å². The zero-order valence-corrected chi connectivity index (χ0v) is 20.1. The second-order valence-corrected chi connectivity index (χ2v) is 9.44. The summed E-state index contributed by atoms with van der Waals surface area (Å²) in [6.45, 7) is 0. The Balaban J connectivity index is 1.68. The monoisotopic (exact) mass is 532 g/mol. The standard InChI is InChI=1S/C21H15ClF2N8O3S/c1-25-21-27-7-10-5-12(19-30-28-9-32(19)18(10)29-21)16-13(23)3-4-14(17(16)24)31-36(33,34)15-6-11(22)8-26-20(15)35-2/h3-9,31H,1-2H3,(H,25,27,29). The number of pyridine rings is 2. The molecule has 4 aromatic heterocycles. The van der Waals surface area contributed by atoms with E-state index >= 15 is 8.78 Å². The molecule has 4 heterocycles. The Morgan fingerprint density at radius 3 is 2.67 bits per heavy atom. The lowest BCUT2D eigenvalue weighted by Gasteiger charge is -2.15. The molecule has 1 aromatic carbocycles. The lowest BCUT2D eigenvalue weighted by molar-refractivity contribution is 0.385. The van der Waals surface area contributed by atoms with Crippen molar-refractivity contribution in [1.82, 2.24) is 29.5 Å². The van der Waals surface area contributed by atoms with Crippen molar-refractivity contribution in [3.8, 4) is 17.0 Å². The van der Waals surface area contributed by atoms with Crippen LogP contribution in [0, 0.1) is 11.6 Å². The molecular weight excluding hydrogens is 518 g/mol. The summed E-state index contributed by atoms with van der Waals surface area (Å²) in [5.74, 6) is -2.06. The number of anilines is 2. The zero-order valence-electron chi connectivity index (χ0n) is 18.5. The molecule has 0 radical (unpaired) electrons. The van der Waals surface area contributed by atoms with Crippen LogP contribution in [0.2, 0.25) is 5.02 Å². The molecule has 0 spiro atoms. The molecule has 36 heavy (non-hydrogen) atoms. The molecule has 5 aromatic rings. The Morgan fingerprint density at radius 2 is 1.92 bits per heavy atom. The number of ether oxygens (including phenoxy) is 1. The summed E-state index contributed by atoms with van der Waals surface area (Å²) in [4.78, 5) is 11.9. The van der Waals surface area contributed by atoms with Crippen molar-refractivity contribution < 1.29 is 21.9 Å². The highest BCUT2D eigenvalue weighted by Crippen LogP contribution is 2.36. The number of sulfonamides is 1. The van der Waals surface area contributed by atoms with Gasteiger partial charge in [-0.1, -0.05) is 11.6 Å². The van der Waals surface area contributed by atoms with Crippen LogP contribution in [0.3, 0.4) is 0 Å². The van der Waals surface area contributed by atoms with Gasteiger partial charge in [0.2, 0.25) is 11.8 Å². The number of rotatable bonds is 6. The summed E-state index contributed by atoms with van der Waals surface area (Å²) in [5, 5.41) is 11.1. The molecule has 0 amide bonds. The Kier molecular flexibility index (Phi) is 5.76. The van der Waals surface area contributed by atoms with Crippen LogP contribution in [0.1, 0.15) is 0 Å². The number of nitrogens with zero attached hydrogens (tertiary/aromatic N) is 6. The van der Waals surface area contributed by atoms with E-state index in [-0.39, 0.29) is 22.1 Å². The fourth-order valence-electron chi connectivity index (χ4n) is 3.61. The maximum atomic E-state index is 15.7. The molecule has 0 bridgehead atoms. The molecule has 0 unspecified atom stereocenters. The second-order valence-electron chi connectivity index (χ2n) is 7.36. The molecular formula is C21H15ClF2N8O3S. The number of methoxy groups -OCH3 is 1. The summed E-state index contributed by atoms with van der Waals surface area (Å²) in [7, 11) is -1.57. The van der Waals surface area contributed by atoms with Gasteiger partial charge in [0.1, 0.15) is 12.1 Å². The molecule has 0 saturated carbocycles. The van der Waals surface area contributed by atoms with E-state index in [1.54, 1.807) is 7.05 Å². The van der Waals surface area contributed by atoms with Crippen molar-refractivity contribution in [2.24, 2.45) is 0 Å². The number of hydrogen-bond donors (Lipinski definition) is 2. The van der Waals surface area contributed by atoms with Gasteiger partial charge in [0.05, 0.1) is 23.4 Å². The molecule has 184 valence electrons. The highest BCUT2D eigenvalue weighted by molar-refractivity contribution is 7.92. The van der Waals surface area contributed by atoms with Crippen molar-refractivity contribution in [1.29, 1.82) is 0 Å².